The van der Waals surface area contributed by atoms with Gasteiger partial charge in [0.05, 0.1) is 6.04 Å². The predicted molar refractivity (Wildman–Crippen MR) is 87.9 cm³/mol. The molecule has 1 N–H and O–H groups in total. The van der Waals surface area contributed by atoms with E-state index in [1.807, 2.05) is 11.3 Å². The summed E-state index contributed by atoms with van der Waals surface area (Å²) < 4.78 is 13.6. The van der Waals surface area contributed by atoms with Gasteiger partial charge in [0.25, 0.3) is 0 Å². The third-order valence-corrected chi connectivity index (χ3v) is 5.62. The Labute approximate surface area is 134 Å². The fourth-order valence-electron chi connectivity index (χ4n) is 2.96. The minimum Gasteiger partial charge on any atom is -0.306 e. The lowest BCUT2D eigenvalue weighted by Gasteiger charge is -2.18. The molecule has 1 aromatic carbocycles. The molecule has 0 bridgehead atoms. The second kappa shape index (κ2) is 6.47. The van der Waals surface area contributed by atoms with Crippen LogP contribution in [-0.4, -0.2) is 6.54 Å². The maximum Gasteiger partial charge on any atom is 0.123 e. The van der Waals surface area contributed by atoms with Crippen LogP contribution in [-0.2, 0) is 12.8 Å². The third-order valence-electron chi connectivity index (χ3n) is 3.98. The van der Waals surface area contributed by atoms with Crippen LogP contribution in [0.5, 0.6) is 0 Å². The van der Waals surface area contributed by atoms with E-state index in [-0.39, 0.29) is 11.9 Å². The van der Waals surface area contributed by atoms with Crippen LogP contribution in [0.2, 0.25) is 5.02 Å². The molecule has 1 aliphatic carbocycles. The van der Waals surface area contributed by atoms with E-state index < -0.39 is 0 Å². The number of benzene rings is 1. The van der Waals surface area contributed by atoms with Gasteiger partial charge in [-0.3, -0.25) is 0 Å². The first kappa shape index (κ1) is 15.0. The van der Waals surface area contributed by atoms with Crippen LogP contribution in [0, 0.1) is 5.82 Å². The van der Waals surface area contributed by atoms with Gasteiger partial charge in [0.15, 0.2) is 0 Å². The van der Waals surface area contributed by atoms with Gasteiger partial charge in [0.2, 0.25) is 0 Å². The zero-order valence-corrected chi connectivity index (χ0v) is 13.7. The largest absolute Gasteiger partial charge is 0.306 e. The standard InChI is InChI=1S/C17H19ClFNS/c1-2-20-17(13-10-12(19)7-8-14(13)18)16-9-11-5-3-4-6-15(11)21-16/h7-10,17,20H,2-6H2,1H3. The average molecular weight is 324 g/mol. The van der Waals surface area contributed by atoms with E-state index >= 15 is 0 Å². The molecule has 0 saturated carbocycles. The summed E-state index contributed by atoms with van der Waals surface area (Å²) in [6, 6.07) is 6.87. The molecule has 1 nitrogen and oxygen atoms in total. The Balaban J connectivity index is 2.01. The van der Waals surface area contributed by atoms with Gasteiger partial charge in [-0.25, -0.2) is 4.39 Å². The van der Waals surface area contributed by atoms with Crippen molar-refractivity contribution in [2.24, 2.45) is 0 Å². The normalized spacial score (nSPS) is 15.8. The Kier molecular flexibility index (Phi) is 4.63. The number of nitrogens with one attached hydrogen (secondary N) is 1. The number of halogens is 2. The van der Waals surface area contributed by atoms with Crippen molar-refractivity contribution in [1.82, 2.24) is 5.32 Å². The van der Waals surface area contributed by atoms with Crippen LogP contribution in [0.1, 0.15) is 46.7 Å². The van der Waals surface area contributed by atoms with Crippen molar-refractivity contribution in [1.29, 1.82) is 0 Å². The molecule has 0 fully saturated rings. The molecule has 3 rings (SSSR count). The van der Waals surface area contributed by atoms with Crippen molar-refractivity contribution in [3.63, 3.8) is 0 Å². The maximum absolute atomic E-state index is 13.6. The number of rotatable bonds is 4. The summed E-state index contributed by atoms with van der Waals surface area (Å²) in [7, 11) is 0. The molecule has 21 heavy (non-hydrogen) atoms. The molecule has 0 amide bonds. The van der Waals surface area contributed by atoms with Crippen molar-refractivity contribution < 1.29 is 4.39 Å². The fourth-order valence-corrected chi connectivity index (χ4v) is 4.54. The lowest BCUT2D eigenvalue weighted by Crippen LogP contribution is -2.21. The molecule has 112 valence electrons. The number of fused-ring (bicyclic) bond motifs is 1. The zero-order chi connectivity index (χ0) is 14.8. The van der Waals surface area contributed by atoms with Crippen molar-refractivity contribution in [2.75, 3.05) is 6.54 Å². The van der Waals surface area contributed by atoms with Crippen molar-refractivity contribution in [3.05, 3.63) is 56.0 Å². The second-order valence-electron chi connectivity index (χ2n) is 5.46. The Morgan fingerprint density at radius 3 is 2.86 bits per heavy atom. The molecule has 0 radical (unpaired) electrons. The molecule has 1 heterocycles. The molecule has 0 aliphatic heterocycles. The van der Waals surface area contributed by atoms with Crippen LogP contribution >= 0.6 is 22.9 Å². The highest BCUT2D eigenvalue weighted by atomic mass is 35.5. The van der Waals surface area contributed by atoms with Crippen LogP contribution in [0.25, 0.3) is 0 Å². The number of hydrogen-bond acceptors (Lipinski definition) is 2. The third kappa shape index (κ3) is 3.15. The highest BCUT2D eigenvalue weighted by Crippen LogP contribution is 2.37. The summed E-state index contributed by atoms with van der Waals surface area (Å²) in [6.07, 6.45) is 4.90. The first-order valence-electron chi connectivity index (χ1n) is 7.49. The first-order chi connectivity index (χ1) is 10.2. The topological polar surface area (TPSA) is 12.0 Å². The Morgan fingerprint density at radius 2 is 2.10 bits per heavy atom. The molecule has 2 aromatic rings. The minimum absolute atomic E-state index is 0.0196. The molecular weight excluding hydrogens is 305 g/mol. The summed E-state index contributed by atoms with van der Waals surface area (Å²) in [5.74, 6) is -0.237. The maximum atomic E-state index is 13.6. The zero-order valence-electron chi connectivity index (χ0n) is 12.1. The molecule has 4 heteroatoms. The van der Waals surface area contributed by atoms with Gasteiger partial charge in [0.1, 0.15) is 5.82 Å². The van der Waals surface area contributed by atoms with Crippen LogP contribution in [0.15, 0.2) is 24.3 Å². The lowest BCUT2D eigenvalue weighted by molar-refractivity contribution is 0.607. The van der Waals surface area contributed by atoms with E-state index in [9.17, 15) is 4.39 Å². The van der Waals surface area contributed by atoms with Crippen molar-refractivity contribution >= 4 is 22.9 Å². The highest BCUT2D eigenvalue weighted by molar-refractivity contribution is 7.12. The molecule has 1 atom stereocenters. The van der Waals surface area contributed by atoms with E-state index in [0.29, 0.717) is 5.02 Å². The second-order valence-corrected chi connectivity index (χ2v) is 7.04. The monoisotopic (exact) mass is 323 g/mol. The smallest absolute Gasteiger partial charge is 0.123 e. The fraction of sp³-hybridized carbons (Fsp3) is 0.412. The van der Waals surface area contributed by atoms with Crippen LogP contribution in [0.4, 0.5) is 4.39 Å². The Morgan fingerprint density at radius 1 is 1.29 bits per heavy atom. The van der Waals surface area contributed by atoms with E-state index in [4.69, 9.17) is 11.6 Å². The van der Waals surface area contributed by atoms with E-state index in [1.54, 1.807) is 12.1 Å². The van der Waals surface area contributed by atoms with Crippen molar-refractivity contribution in [2.45, 2.75) is 38.6 Å². The van der Waals surface area contributed by atoms with Gasteiger partial charge < -0.3 is 5.32 Å². The summed E-state index contributed by atoms with van der Waals surface area (Å²) in [5, 5.41) is 4.07. The molecule has 0 saturated heterocycles. The molecule has 1 aliphatic rings. The Bertz CT molecular complexity index is 614. The van der Waals surface area contributed by atoms with Gasteiger partial charge >= 0.3 is 0 Å². The van der Waals surface area contributed by atoms with E-state index in [0.717, 1.165) is 12.1 Å². The van der Waals surface area contributed by atoms with Gasteiger partial charge in [-0.2, -0.15) is 0 Å². The summed E-state index contributed by atoms with van der Waals surface area (Å²) in [6.45, 7) is 2.88. The number of aryl methyl sites for hydroxylation is 2. The van der Waals surface area contributed by atoms with Gasteiger partial charge in [-0.1, -0.05) is 18.5 Å². The van der Waals surface area contributed by atoms with E-state index in [1.165, 1.54) is 47.1 Å². The molecule has 1 unspecified atom stereocenters. The van der Waals surface area contributed by atoms with Crippen molar-refractivity contribution in [3.8, 4) is 0 Å². The lowest BCUT2D eigenvalue weighted by atomic mass is 9.97. The quantitative estimate of drug-likeness (QED) is 0.823. The SMILES string of the molecule is CCNC(c1cc2c(s1)CCCC2)c1cc(F)ccc1Cl. The number of thiophene rings is 1. The van der Waals surface area contributed by atoms with Gasteiger partial charge in [0, 0.05) is 14.8 Å². The first-order valence-corrected chi connectivity index (χ1v) is 8.68. The summed E-state index contributed by atoms with van der Waals surface area (Å²) in [5.41, 5.74) is 2.30. The predicted octanol–water partition coefficient (Wildman–Crippen LogP) is 5.12. The molecule has 0 spiro atoms. The minimum atomic E-state index is -0.237. The van der Waals surface area contributed by atoms with Crippen LogP contribution in [0.3, 0.4) is 0 Å². The Hall–Kier alpha value is -0.900. The van der Waals surface area contributed by atoms with Crippen LogP contribution < -0.4 is 5.32 Å². The number of hydrogen-bond donors (Lipinski definition) is 1. The molecule has 1 aromatic heterocycles. The van der Waals surface area contributed by atoms with Gasteiger partial charge in [-0.05, 0) is 67.6 Å². The average Bonchev–Trinajstić information content (AvgIpc) is 2.91. The van der Waals surface area contributed by atoms with E-state index in [2.05, 4.69) is 18.3 Å². The highest BCUT2D eigenvalue weighted by Gasteiger charge is 2.22. The molecular formula is C17H19ClFNS. The van der Waals surface area contributed by atoms with Gasteiger partial charge in [-0.15, -0.1) is 11.3 Å². The summed E-state index contributed by atoms with van der Waals surface area (Å²) >= 11 is 8.15. The summed E-state index contributed by atoms with van der Waals surface area (Å²) in [4.78, 5) is 2.74.